The number of alkyl halides is 6. The molecule has 1 saturated heterocycles. The van der Waals surface area contributed by atoms with E-state index < -0.39 is 40.7 Å². The molecule has 2 unspecified atom stereocenters. The van der Waals surface area contributed by atoms with Crippen LogP contribution in [0.25, 0.3) is 11.0 Å². The lowest BCUT2D eigenvalue weighted by atomic mass is 9.77. The van der Waals surface area contributed by atoms with Crippen LogP contribution in [0.2, 0.25) is 0 Å². The molecule has 3 aromatic rings. The molecule has 12 heteroatoms. The second-order valence-corrected chi connectivity index (χ2v) is 10.6. The van der Waals surface area contributed by atoms with Gasteiger partial charge < -0.3 is 24.8 Å². The van der Waals surface area contributed by atoms with Crippen LogP contribution in [0.4, 0.5) is 26.3 Å². The Morgan fingerprint density at radius 2 is 1.71 bits per heavy atom. The Kier molecular flexibility index (Phi) is 6.43. The van der Waals surface area contributed by atoms with Crippen LogP contribution in [-0.4, -0.2) is 44.6 Å². The third kappa shape index (κ3) is 5.21. The van der Waals surface area contributed by atoms with Gasteiger partial charge in [0.15, 0.2) is 0 Å². The van der Waals surface area contributed by atoms with Gasteiger partial charge in [0.1, 0.15) is 12.4 Å². The first-order valence-corrected chi connectivity index (χ1v) is 12.2. The number of aromatic nitrogens is 2. The average molecular weight is 544 g/mol. The summed E-state index contributed by atoms with van der Waals surface area (Å²) in [5.41, 5.74) is -3.67. The van der Waals surface area contributed by atoms with Gasteiger partial charge in [-0.05, 0) is 62.9 Å². The highest BCUT2D eigenvalue weighted by molar-refractivity contribution is 5.82. The van der Waals surface area contributed by atoms with E-state index in [1.54, 1.807) is 6.92 Å². The number of ether oxygens (including phenoxy) is 1. The largest absolute Gasteiger partial charge is 0.492 e. The minimum absolute atomic E-state index is 0.0406. The second-order valence-electron chi connectivity index (χ2n) is 10.6. The Morgan fingerprint density at radius 1 is 1.03 bits per heavy atom. The molecular formula is C26H27F6N3O3. The number of hydrogen-bond donors (Lipinski definition) is 3. The van der Waals surface area contributed by atoms with E-state index in [1.165, 1.54) is 29.1 Å². The Labute approximate surface area is 214 Å². The van der Waals surface area contributed by atoms with Crippen LogP contribution < -0.4 is 10.1 Å². The van der Waals surface area contributed by atoms with E-state index in [-0.39, 0.29) is 42.3 Å². The van der Waals surface area contributed by atoms with Gasteiger partial charge in [-0.3, -0.25) is 0 Å². The van der Waals surface area contributed by atoms with E-state index in [1.807, 2.05) is 0 Å². The first kappa shape index (κ1) is 26.8. The van der Waals surface area contributed by atoms with E-state index in [0.29, 0.717) is 24.9 Å². The topological polar surface area (TPSA) is 79.5 Å². The Bertz CT molecular complexity index is 1310. The molecule has 2 heterocycles. The fraction of sp³-hybridized carbons (Fsp3) is 0.500. The molecule has 2 fully saturated rings. The van der Waals surface area contributed by atoms with Gasteiger partial charge in [0.2, 0.25) is 0 Å². The van der Waals surface area contributed by atoms with Crippen LogP contribution in [0.3, 0.4) is 0 Å². The maximum atomic E-state index is 14.0. The molecule has 5 rings (SSSR count). The lowest BCUT2D eigenvalue weighted by Gasteiger charge is -2.41. The zero-order valence-electron chi connectivity index (χ0n) is 20.4. The number of piperidine rings is 1. The fourth-order valence-electron chi connectivity index (χ4n) is 5.48. The van der Waals surface area contributed by atoms with Crippen molar-refractivity contribution < 1.29 is 41.3 Å². The van der Waals surface area contributed by atoms with Crippen molar-refractivity contribution in [2.24, 2.45) is 0 Å². The predicted octanol–water partition coefficient (Wildman–Crippen LogP) is 5.18. The first-order valence-electron chi connectivity index (χ1n) is 12.2. The van der Waals surface area contributed by atoms with Crippen molar-refractivity contribution >= 4 is 11.0 Å². The molecule has 1 saturated carbocycles. The van der Waals surface area contributed by atoms with Crippen LogP contribution >= 0.6 is 0 Å². The number of fused-ring (bicyclic) bond motifs is 1. The number of hydrogen-bond acceptors (Lipinski definition) is 5. The van der Waals surface area contributed by atoms with E-state index >= 15 is 0 Å². The number of benzene rings is 2. The quantitative estimate of drug-likeness (QED) is 0.387. The van der Waals surface area contributed by atoms with Crippen LogP contribution in [0, 0.1) is 0 Å². The zero-order chi connectivity index (χ0) is 27.5. The minimum atomic E-state index is -4.67. The van der Waals surface area contributed by atoms with E-state index in [9.17, 15) is 36.6 Å². The second kappa shape index (κ2) is 9.13. The summed E-state index contributed by atoms with van der Waals surface area (Å²) >= 11 is 0. The van der Waals surface area contributed by atoms with Gasteiger partial charge in [0.05, 0.1) is 39.7 Å². The Balaban J connectivity index is 1.33. The summed E-state index contributed by atoms with van der Waals surface area (Å²) in [5.74, 6) is -0.0406. The zero-order valence-corrected chi connectivity index (χ0v) is 20.4. The normalized spacial score (nSPS) is 28.3. The number of imidazole rings is 1. The van der Waals surface area contributed by atoms with Crippen molar-refractivity contribution in [3.05, 3.63) is 59.4 Å². The minimum Gasteiger partial charge on any atom is -0.492 e. The molecule has 0 amide bonds. The highest BCUT2D eigenvalue weighted by Gasteiger charge is 2.42. The molecule has 2 aliphatic rings. The molecule has 2 atom stereocenters. The van der Waals surface area contributed by atoms with Crippen molar-refractivity contribution in [1.29, 1.82) is 0 Å². The lowest BCUT2D eigenvalue weighted by Crippen LogP contribution is -2.48. The van der Waals surface area contributed by atoms with Gasteiger partial charge in [-0.2, -0.15) is 26.3 Å². The molecule has 206 valence electrons. The van der Waals surface area contributed by atoms with E-state index in [2.05, 4.69) is 10.3 Å². The SMILES string of the molecule is CC1(O)CC(n2cnc3cc(OCC4CC(O)(c5ccc(C(F)(F)F)cc5)CCN4)cc(C(F)(F)F)c32)C1. The third-order valence-corrected chi connectivity index (χ3v) is 7.45. The third-order valence-electron chi connectivity index (χ3n) is 7.45. The lowest BCUT2D eigenvalue weighted by molar-refractivity contribution is -0.138. The maximum Gasteiger partial charge on any atom is 0.418 e. The van der Waals surface area contributed by atoms with Gasteiger partial charge in [-0.1, -0.05) is 12.1 Å². The van der Waals surface area contributed by atoms with Crippen molar-refractivity contribution in [1.82, 2.24) is 14.9 Å². The van der Waals surface area contributed by atoms with Crippen molar-refractivity contribution in [2.45, 2.75) is 68.2 Å². The van der Waals surface area contributed by atoms with Crippen LogP contribution in [0.15, 0.2) is 42.7 Å². The summed E-state index contributed by atoms with van der Waals surface area (Å²) in [5, 5.41) is 24.3. The number of rotatable bonds is 5. The summed E-state index contributed by atoms with van der Waals surface area (Å²) in [6.45, 7) is 1.91. The van der Waals surface area contributed by atoms with E-state index in [0.717, 1.165) is 18.2 Å². The summed E-state index contributed by atoms with van der Waals surface area (Å²) < 4.78 is 87.9. The Morgan fingerprint density at radius 3 is 2.32 bits per heavy atom. The van der Waals surface area contributed by atoms with Gasteiger partial charge in [-0.25, -0.2) is 4.98 Å². The average Bonchev–Trinajstić information content (AvgIpc) is 3.23. The van der Waals surface area contributed by atoms with E-state index in [4.69, 9.17) is 4.74 Å². The summed E-state index contributed by atoms with van der Waals surface area (Å²) in [4.78, 5) is 4.15. The van der Waals surface area contributed by atoms with Crippen molar-refractivity contribution in [3.63, 3.8) is 0 Å². The molecule has 38 heavy (non-hydrogen) atoms. The first-order chi connectivity index (χ1) is 17.6. The maximum absolute atomic E-state index is 14.0. The van der Waals surface area contributed by atoms with Crippen molar-refractivity contribution in [2.75, 3.05) is 13.2 Å². The summed E-state index contributed by atoms with van der Waals surface area (Å²) in [6, 6.07) is 5.90. The number of aliphatic hydroxyl groups is 2. The highest BCUT2D eigenvalue weighted by atomic mass is 19.4. The molecule has 1 aliphatic carbocycles. The molecular weight excluding hydrogens is 516 g/mol. The number of nitrogens with one attached hydrogen (secondary N) is 1. The van der Waals surface area contributed by atoms with Crippen LogP contribution in [-0.2, 0) is 18.0 Å². The van der Waals surface area contributed by atoms with Crippen LogP contribution in [0.5, 0.6) is 5.75 Å². The molecule has 0 bridgehead atoms. The molecule has 1 aliphatic heterocycles. The van der Waals surface area contributed by atoms with Crippen molar-refractivity contribution in [3.8, 4) is 5.75 Å². The monoisotopic (exact) mass is 543 g/mol. The highest BCUT2D eigenvalue weighted by Crippen LogP contribution is 2.45. The molecule has 6 nitrogen and oxygen atoms in total. The predicted molar refractivity (Wildman–Crippen MR) is 125 cm³/mol. The van der Waals surface area contributed by atoms with Gasteiger partial charge in [-0.15, -0.1) is 0 Å². The van der Waals surface area contributed by atoms with Gasteiger partial charge in [0, 0.05) is 18.2 Å². The number of nitrogens with zero attached hydrogens (tertiary/aromatic N) is 2. The summed E-state index contributed by atoms with van der Waals surface area (Å²) in [7, 11) is 0. The molecule has 1 aromatic heterocycles. The fourth-order valence-corrected chi connectivity index (χ4v) is 5.48. The molecule has 2 aromatic carbocycles. The number of halogens is 6. The summed E-state index contributed by atoms with van der Waals surface area (Å²) in [6.07, 6.45) is -6.82. The molecule has 0 radical (unpaired) electrons. The smallest absolute Gasteiger partial charge is 0.418 e. The van der Waals surface area contributed by atoms with Crippen LogP contribution in [0.1, 0.15) is 55.3 Å². The molecule has 0 spiro atoms. The van der Waals surface area contributed by atoms with Gasteiger partial charge >= 0.3 is 12.4 Å². The molecule has 3 N–H and O–H groups in total. The standard InChI is InChI=1S/C26H27F6N3O3/c1-23(36)11-18(12-23)35-14-34-21-9-19(8-20(22(21)35)26(30,31)32)38-13-17-10-24(37,6-7-33-17)15-2-4-16(5-3-15)25(27,28)29/h2-5,8-9,14,17-18,33,36-37H,6-7,10-13H2,1H3. The van der Waals surface area contributed by atoms with Gasteiger partial charge in [0.25, 0.3) is 0 Å². The Hall–Kier alpha value is -2.83.